The molecule has 0 spiro atoms. The molecule has 0 atom stereocenters. The van der Waals surface area contributed by atoms with Crippen LogP contribution in [0, 0.1) is 0 Å². The van der Waals surface area contributed by atoms with Gasteiger partial charge in [-0.3, -0.25) is 14.3 Å². The zero-order valence-electron chi connectivity index (χ0n) is 9.63. The molecule has 2 N–H and O–H groups in total. The van der Waals surface area contributed by atoms with Gasteiger partial charge in [0.2, 0.25) is 5.91 Å². The van der Waals surface area contributed by atoms with Crippen LogP contribution in [0.1, 0.15) is 25.7 Å². The number of nitrogens with one attached hydrogen (secondary N) is 1. The second kappa shape index (κ2) is 7.43. The lowest BCUT2D eigenvalue weighted by molar-refractivity contribution is -0.137. The van der Waals surface area contributed by atoms with Gasteiger partial charge in [0.25, 0.3) is 0 Å². The van der Waals surface area contributed by atoms with Gasteiger partial charge in [-0.25, -0.2) is 0 Å². The van der Waals surface area contributed by atoms with E-state index >= 15 is 0 Å². The molecule has 1 aromatic rings. The lowest BCUT2D eigenvalue weighted by Gasteiger charge is -2.04. The quantitative estimate of drug-likeness (QED) is 0.652. The van der Waals surface area contributed by atoms with Crippen LogP contribution in [-0.2, 0) is 16.1 Å². The molecule has 6 heteroatoms. The van der Waals surface area contributed by atoms with E-state index in [1.807, 2.05) is 12.3 Å². The van der Waals surface area contributed by atoms with E-state index < -0.39 is 5.97 Å². The third kappa shape index (κ3) is 6.34. The average molecular weight is 239 g/mol. The molecule has 1 rings (SSSR count). The highest BCUT2D eigenvalue weighted by Crippen LogP contribution is 1.95. The Morgan fingerprint density at radius 1 is 1.29 bits per heavy atom. The molecule has 0 fully saturated rings. The van der Waals surface area contributed by atoms with Crippen molar-refractivity contribution in [3.05, 3.63) is 18.5 Å². The van der Waals surface area contributed by atoms with Crippen LogP contribution in [0.5, 0.6) is 0 Å². The topological polar surface area (TPSA) is 84.2 Å². The largest absolute Gasteiger partial charge is 0.481 e. The van der Waals surface area contributed by atoms with Gasteiger partial charge in [-0.05, 0) is 18.9 Å². The molecule has 0 bridgehead atoms. The number of aliphatic carboxylic acids is 1. The fourth-order valence-corrected chi connectivity index (χ4v) is 1.39. The summed E-state index contributed by atoms with van der Waals surface area (Å²) in [6.45, 7) is 1.14. The molecule has 0 unspecified atom stereocenters. The monoisotopic (exact) mass is 239 g/mol. The van der Waals surface area contributed by atoms with Crippen molar-refractivity contribution in [2.75, 3.05) is 6.54 Å². The van der Waals surface area contributed by atoms with Crippen LogP contribution in [0.2, 0.25) is 0 Å². The summed E-state index contributed by atoms with van der Waals surface area (Å²) in [5.41, 5.74) is 0. The zero-order chi connectivity index (χ0) is 12.5. The molecule has 0 aliphatic carbocycles. The van der Waals surface area contributed by atoms with E-state index in [-0.39, 0.29) is 12.3 Å². The number of hydrogen-bond acceptors (Lipinski definition) is 3. The van der Waals surface area contributed by atoms with Crippen LogP contribution in [0.3, 0.4) is 0 Å². The number of carbonyl (C=O) groups is 2. The Morgan fingerprint density at radius 3 is 2.76 bits per heavy atom. The average Bonchev–Trinajstić information content (AvgIpc) is 2.77. The summed E-state index contributed by atoms with van der Waals surface area (Å²) in [6.07, 6.45) is 5.28. The van der Waals surface area contributed by atoms with Crippen LogP contribution in [-0.4, -0.2) is 33.3 Å². The van der Waals surface area contributed by atoms with Crippen molar-refractivity contribution in [3.8, 4) is 0 Å². The number of aryl methyl sites for hydroxylation is 1. The van der Waals surface area contributed by atoms with Crippen LogP contribution in [0.4, 0.5) is 0 Å². The normalized spacial score (nSPS) is 10.1. The van der Waals surface area contributed by atoms with Gasteiger partial charge in [-0.1, -0.05) is 0 Å². The van der Waals surface area contributed by atoms with Gasteiger partial charge in [0.1, 0.15) is 0 Å². The fourth-order valence-electron chi connectivity index (χ4n) is 1.39. The molecule has 1 heterocycles. The van der Waals surface area contributed by atoms with Crippen molar-refractivity contribution in [1.29, 1.82) is 0 Å². The van der Waals surface area contributed by atoms with E-state index in [0.717, 1.165) is 13.0 Å². The minimum absolute atomic E-state index is 0.0393. The van der Waals surface area contributed by atoms with Crippen molar-refractivity contribution in [3.63, 3.8) is 0 Å². The second-order valence-corrected chi connectivity index (χ2v) is 3.72. The Balaban J connectivity index is 1.99. The highest BCUT2D eigenvalue weighted by Gasteiger charge is 2.02. The summed E-state index contributed by atoms with van der Waals surface area (Å²) >= 11 is 0. The van der Waals surface area contributed by atoms with Crippen molar-refractivity contribution in [2.24, 2.45) is 0 Å². The van der Waals surface area contributed by atoms with Gasteiger partial charge < -0.3 is 10.4 Å². The minimum Gasteiger partial charge on any atom is -0.481 e. The molecule has 6 nitrogen and oxygen atoms in total. The molecule has 0 radical (unpaired) electrons. The lowest BCUT2D eigenvalue weighted by atomic mass is 10.2. The molecular formula is C11H17N3O3. The Bertz CT molecular complexity index is 349. The van der Waals surface area contributed by atoms with Gasteiger partial charge in [0.15, 0.2) is 0 Å². The molecule has 0 aliphatic heterocycles. The molecule has 1 amide bonds. The number of carboxylic acid groups (broad SMARTS) is 1. The van der Waals surface area contributed by atoms with E-state index in [0.29, 0.717) is 19.4 Å². The first-order chi connectivity index (χ1) is 8.18. The van der Waals surface area contributed by atoms with Gasteiger partial charge in [-0.2, -0.15) is 5.10 Å². The smallest absolute Gasteiger partial charge is 0.303 e. The molecule has 0 saturated carbocycles. The van der Waals surface area contributed by atoms with Crippen LogP contribution < -0.4 is 5.32 Å². The van der Waals surface area contributed by atoms with Crippen molar-refractivity contribution < 1.29 is 14.7 Å². The van der Waals surface area contributed by atoms with E-state index in [4.69, 9.17) is 5.11 Å². The van der Waals surface area contributed by atoms with E-state index in [2.05, 4.69) is 10.4 Å². The molecular weight excluding hydrogens is 222 g/mol. The van der Waals surface area contributed by atoms with Crippen LogP contribution in [0.25, 0.3) is 0 Å². The molecule has 17 heavy (non-hydrogen) atoms. The SMILES string of the molecule is O=C(O)CCCNC(=O)CCCn1cccn1. The lowest BCUT2D eigenvalue weighted by Crippen LogP contribution is -2.24. The summed E-state index contributed by atoms with van der Waals surface area (Å²) in [5, 5.41) is 15.1. The van der Waals surface area contributed by atoms with E-state index in [1.54, 1.807) is 10.9 Å². The molecule has 1 aromatic heterocycles. The van der Waals surface area contributed by atoms with Gasteiger partial charge in [0.05, 0.1) is 0 Å². The van der Waals surface area contributed by atoms with Gasteiger partial charge >= 0.3 is 5.97 Å². The fraction of sp³-hybridized carbons (Fsp3) is 0.545. The van der Waals surface area contributed by atoms with Gasteiger partial charge in [0, 0.05) is 38.3 Å². The highest BCUT2D eigenvalue weighted by atomic mass is 16.4. The standard InChI is InChI=1S/C11H17N3O3/c15-10(12-6-1-5-11(16)17)4-2-8-14-9-3-7-13-14/h3,7,9H,1-2,4-6,8H2,(H,12,15)(H,16,17). The third-order valence-corrected chi connectivity index (χ3v) is 2.24. The summed E-state index contributed by atoms with van der Waals surface area (Å²) in [5.74, 6) is -0.875. The summed E-state index contributed by atoms with van der Waals surface area (Å²) < 4.78 is 1.78. The maximum atomic E-state index is 11.3. The Labute approximate surface area is 99.6 Å². The first-order valence-electron chi connectivity index (χ1n) is 5.64. The Hall–Kier alpha value is -1.85. The van der Waals surface area contributed by atoms with Crippen molar-refractivity contribution in [2.45, 2.75) is 32.2 Å². The van der Waals surface area contributed by atoms with E-state index in [9.17, 15) is 9.59 Å². The van der Waals surface area contributed by atoms with Crippen molar-refractivity contribution >= 4 is 11.9 Å². The van der Waals surface area contributed by atoms with Crippen LogP contribution >= 0.6 is 0 Å². The maximum Gasteiger partial charge on any atom is 0.303 e. The molecule has 0 saturated heterocycles. The Morgan fingerprint density at radius 2 is 2.12 bits per heavy atom. The predicted octanol–water partition coefficient (Wildman–Crippen LogP) is 0.644. The molecule has 0 aliphatic rings. The highest BCUT2D eigenvalue weighted by molar-refractivity contribution is 5.75. The number of carboxylic acids is 1. The predicted molar refractivity (Wildman–Crippen MR) is 61.3 cm³/mol. The first-order valence-corrected chi connectivity index (χ1v) is 5.64. The number of carbonyl (C=O) groups excluding carboxylic acids is 1. The third-order valence-electron chi connectivity index (χ3n) is 2.24. The summed E-state index contributed by atoms with van der Waals surface area (Å²) in [7, 11) is 0. The minimum atomic E-state index is -0.835. The Kier molecular flexibility index (Phi) is 5.77. The van der Waals surface area contributed by atoms with Crippen molar-refractivity contribution in [1.82, 2.24) is 15.1 Å². The number of hydrogen-bond donors (Lipinski definition) is 2. The van der Waals surface area contributed by atoms with Crippen LogP contribution in [0.15, 0.2) is 18.5 Å². The summed E-state index contributed by atoms with van der Waals surface area (Å²) in [4.78, 5) is 21.6. The van der Waals surface area contributed by atoms with E-state index in [1.165, 1.54) is 0 Å². The maximum absolute atomic E-state index is 11.3. The second-order valence-electron chi connectivity index (χ2n) is 3.72. The first kappa shape index (κ1) is 13.2. The number of rotatable bonds is 8. The number of aromatic nitrogens is 2. The molecule has 94 valence electrons. The number of nitrogens with zero attached hydrogens (tertiary/aromatic N) is 2. The molecule has 0 aromatic carbocycles. The number of amides is 1. The summed E-state index contributed by atoms with van der Waals surface area (Å²) in [6, 6.07) is 1.84. The van der Waals surface area contributed by atoms with Gasteiger partial charge in [-0.15, -0.1) is 0 Å². The zero-order valence-corrected chi connectivity index (χ0v) is 9.63.